The minimum Gasteiger partial charge on any atom is -0.479 e. The van der Waals surface area contributed by atoms with Crippen LogP contribution in [0.15, 0.2) is 40.6 Å². The molecule has 1 aromatic carbocycles. The Labute approximate surface area is 131 Å². The zero-order valence-electron chi connectivity index (χ0n) is 11.4. The van der Waals surface area contributed by atoms with Gasteiger partial charge in [-0.05, 0) is 29.3 Å². The number of benzene rings is 1. The number of rotatable bonds is 6. The van der Waals surface area contributed by atoms with Gasteiger partial charge in [0.2, 0.25) is 0 Å². The molecule has 0 spiro atoms. The molecule has 1 heterocycles. The van der Waals surface area contributed by atoms with E-state index in [2.05, 4.69) is 11.4 Å². The highest BCUT2D eigenvalue weighted by Crippen LogP contribution is 2.31. The normalized spacial score (nSPS) is 11.6. The predicted octanol–water partition coefficient (Wildman–Crippen LogP) is 3.97. The number of thiophene rings is 1. The van der Waals surface area contributed by atoms with Crippen molar-refractivity contribution in [3.63, 3.8) is 0 Å². The van der Waals surface area contributed by atoms with Gasteiger partial charge in [-0.3, -0.25) is 0 Å². The average Bonchev–Trinajstić information content (AvgIpc) is 2.98. The van der Waals surface area contributed by atoms with Crippen LogP contribution < -0.4 is 5.32 Å². The van der Waals surface area contributed by atoms with E-state index < -0.39 is 12.0 Å². The molecule has 2 aromatic rings. The molecule has 108 valence electrons. The third-order valence-electron chi connectivity index (χ3n) is 2.81. The molecule has 0 aliphatic rings. The van der Waals surface area contributed by atoms with E-state index in [0.717, 1.165) is 10.6 Å². The second-order valence-electron chi connectivity index (χ2n) is 4.15. The summed E-state index contributed by atoms with van der Waals surface area (Å²) in [5.41, 5.74) is 1.05. The molecule has 0 radical (unpaired) electrons. The number of carbonyl (C=O) groups is 1. The highest BCUT2D eigenvalue weighted by molar-refractivity contribution is 7.99. The van der Waals surface area contributed by atoms with Crippen LogP contribution in [0.1, 0.15) is 23.4 Å². The highest BCUT2D eigenvalue weighted by Gasteiger charge is 2.22. The lowest BCUT2D eigenvalue weighted by Crippen LogP contribution is -2.20. The first kappa shape index (κ1) is 15.4. The lowest BCUT2D eigenvalue weighted by Gasteiger charge is -2.16. The van der Waals surface area contributed by atoms with Gasteiger partial charge in [-0.15, -0.1) is 23.1 Å². The summed E-state index contributed by atoms with van der Waals surface area (Å²) in [5, 5.41) is 23.6. The number of nitrogens with zero attached hydrogens (tertiary/aromatic N) is 1. The van der Waals surface area contributed by atoms with Crippen LogP contribution >= 0.6 is 23.1 Å². The van der Waals surface area contributed by atoms with Gasteiger partial charge < -0.3 is 10.4 Å². The summed E-state index contributed by atoms with van der Waals surface area (Å²) in [7, 11) is 0. The molecule has 0 amide bonds. The van der Waals surface area contributed by atoms with Crippen molar-refractivity contribution in [2.75, 3.05) is 11.1 Å². The number of nitriles is 1. The summed E-state index contributed by atoms with van der Waals surface area (Å²) >= 11 is 2.94. The zero-order valence-corrected chi connectivity index (χ0v) is 13.0. The van der Waals surface area contributed by atoms with Gasteiger partial charge >= 0.3 is 5.97 Å². The summed E-state index contributed by atoms with van der Waals surface area (Å²) < 4.78 is 0. The van der Waals surface area contributed by atoms with Crippen molar-refractivity contribution >= 4 is 34.8 Å². The van der Waals surface area contributed by atoms with Crippen LogP contribution in [0.5, 0.6) is 0 Å². The Morgan fingerprint density at radius 1 is 1.48 bits per heavy atom. The molecule has 0 saturated carbocycles. The largest absolute Gasteiger partial charge is 0.479 e. The van der Waals surface area contributed by atoms with E-state index in [-0.39, 0.29) is 0 Å². The molecule has 0 fully saturated rings. The summed E-state index contributed by atoms with van der Waals surface area (Å²) in [6.07, 6.45) is 0. The van der Waals surface area contributed by atoms with Gasteiger partial charge in [0, 0.05) is 9.77 Å². The molecule has 1 atom stereocenters. The summed E-state index contributed by atoms with van der Waals surface area (Å²) in [6, 6.07) is 10.3. The zero-order chi connectivity index (χ0) is 15.2. The van der Waals surface area contributed by atoms with E-state index in [9.17, 15) is 15.2 Å². The van der Waals surface area contributed by atoms with Gasteiger partial charge in [-0.2, -0.15) is 5.26 Å². The van der Waals surface area contributed by atoms with E-state index in [1.54, 1.807) is 23.9 Å². The number of carboxylic acids is 1. The Hall–Kier alpha value is -1.97. The van der Waals surface area contributed by atoms with Gasteiger partial charge in [-0.25, -0.2) is 4.79 Å². The first-order valence-corrected chi connectivity index (χ1v) is 8.22. The molecule has 0 bridgehead atoms. The van der Waals surface area contributed by atoms with Crippen LogP contribution in [0.3, 0.4) is 0 Å². The molecule has 0 aliphatic carbocycles. The van der Waals surface area contributed by atoms with Crippen LogP contribution in [-0.4, -0.2) is 16.8 Å². The molecule has 0 aliphatic heterocycles. The number of anilines is 1. The Balaban J connectivity index is 2.36. The smallest absolute Gasteiger partial charge is 0.331 e. The SMILES string of the molecule is CCSc1cccc(NC(C(=O)O)c2cccs2)c1C#N. The van der Waals surface area contributed by atoms with Crippen LogP contribution in [0, 0.1) is 11.3 Å². The summed E-state index contributed by atoms with van der Waals surface area (Å²) in [4.78, 5) is 13.0. The first-order valence-electron chi connectivity index (χ1n) is 6.36. The molecule has 4 nitrogen and oxygen atoms in total. The maximum absolute atomic E-state index is 11.5. The second-order valence-corrected chi connectivity index (χ2v) is 6.44. The summed E-state index contributed by atoms with van der Waals surface area (Å²) in [6.45, 7) is 2.01. The Morgan fingerprint density at radius 3 is 2.86 bits per heavy atom. The second kappa shape index (κ2) is 7.16. The molecule has 1 unspecified atom stereocenters. The Kier molecular flexibility index (Phi) is 5.26. The molecule has 0 saturated heterocycles. The lowest BCUT2D eigenvalue weighted by atomic mass is 10.1. The maximum atomic E-state index is 11.5. The molecule has 1 aromatic heterocycles. The van der Waals surface area contributed by atoms with Crippen LogP contribution in [0.25, 0.3) is 0 Å². The number of hydrogen-bond donors (Lipinski definition) is 2. The fourth-order valence-electron chi connectivity index (χ4n) is 1.91. The van der Waals surface area contributed by atoms with E-state index in [1.807, 2.05) is 30.5 Å². The quantitative estimate of drug-likeness (QED) is 0.788. The average molecular weight is 318 g/mol. The van der Waals surface area contributed by atoms with Crippen LogP contribution in [-0.2, 0) is 4.79 Å². The topological polar surface area (TPSA) is 73.1 Å². The lowest BCUT2D eigenvalue weighted by molar-refractivity contribution is -0.138. The number of thioether (sulfide) groups is 1. The fraction of sp³-hybridized carbons (Fsp3) is 0.200. The standard InChI is InChI=1S/C15H14N2O2S2/c1-2-20-12-6-3-5-11(10(12)9-16)17-14(15(18)19)13-7-4-8-21-13/h3-8,14,17H,2H2,1H3,(H,18,19). The van der Waals surface area contributed by atoms with Gasteiger partial charge in [0.1, 0.15) is 6.07 Å². The van der Waals surface area contributed by atoms with Crippen molar-refractivity contribution in [1.29, 1.82) is 5.26 Å². The predicted molar refractivity (Wildman–Crippen MR) is 85.9 cm³/mol. The Bertz CT molecular complexity index is 663. The highest BCUT2D eigenvalue weighted by atomic mass is 32.2. The molecule has 2 N–H and O–H groups in total. The van der Waals surface area contributed by atoms with E-state index in [1.165, 1.54) is 11.3 Å². The van der Waals surface area contributed by atoms with Gasteiger partial charge in [-0.1, -0.05) is 19.1 Å². The molecule has 21 heavy (non-hydrogen) atoms. The fourth-order valence-corrected chi connectivity index (χ4v) is 3.46. The van der Waals surface area contributed by atoms with Crippen molar-refractivity contribution < 1.29 is 9.90 Å². The summed E-state index contributed by atoms with van der Waals surface area (Å²) in [5.74, 6) is -0.110. The van der Waals surface area contributed by atoms with Crippen LogP contribution in [0.4, 0.5) is 5.69 Å². The van der Waals surface area contributed by atoms with E-state index in [4.69, 9.17) is 0 Å². The van der Waals surface area contributed by atoms with Crippen molar-refractivity contribution in [2.45, 2.75) is 17.9 Å². The first-order chi connectivity index (χ1) is 10.2. The van der Waals surface area contributed by atoms with Crippen molar-refractivity contribution in [1.82, 2.24) is 0 Å². The molecule has 6 heteroatoms. The van der Waals surface area contributed by atoms with Gasteiger partial charge in [0.15, 0.2) is 6.04 Å². The van der Waals surface area contributed by atoms with Crippen molar-refractivity contribution in [2.24, 2.45) is 0 Å². The number of aliphatic carboxylic acids is 1. The van der Waals surface area contributed by atoms with Gasteiger partial charge in [0.05, 0.1) is 11.3 Å². The number of nitrogens with one attached hydrogen (secondary N) is 1. The van der Waals surface area contributed by atoms with E-state index >= 15 is 0 Å². The third kappa shape index (κ3) is 3.57. The van der Waals surface area contributed by atoms with Crippen molar-refractivity contribution in [3.8, 4) is 6.07 Å². The molecular formula is C15H14N2O2S2. The Morgan fingerprint density at radius 2 is 2.29 bits per heavy atom. The third-order valence-corrected chi connectivity index (χ3v) is 4.69. The van der Waals surface area contributed by atoms with Crippen LogP contribution in [0.2, 0.25) is 0 Å². The van der Waals surface area contributed by atoms with Crippen molar-refractivity contribution in [3.05, 3.63) is 46.2 Å². The maximum Gasteiger partial charge on any atom is 0.331 e. The monoisotopic (exact) mass is 318 g/mol. The number of hydrogen-bond acceptors (Lipinski definition) is 5. The minimum absolute atomic E-state index is 0.493. The molecular weight excluding hydrogens is 304 g/mol. The minimum atomic E-state index is -0.963. The molecule has 2 rings (SSSR count). The number of carboxylic acid groups (broad SMARTS) is 1. The van der Waals surface area contributed by atoms with Gasteiger partial charge in [0.25, 0.3) is 0 Å². The van der Waals surface area contributed by atoms with E-state index in [0.29, 0.717) is 16.1 Å².